The lowest BCUT2D eigenvalue weighted by Crippen LogP contribution is -2.30. The molecule has 0 heterocycles. The first kappa shape index (κ1) is 12.7. The number of hydrogen-bond acceptors (Lipinski definition) is 3. The van der Waals surface area contributed by atoms with E-state index in [1.807, 2.05) is 6.07 Å². The van der Waals surface area contributed by atoms with Crippen LogP contribution in [0.25, 0.3) is 0 Å². The molecule has 2 atom stereocenters. The van der Waals surface area contributed by atoms with Crippen LogP contribution in [0.2, 0.25) is 0 Å². The predicted octanol–water partition coefficient (Wildman–Crippen LogP) is 1.97. The SMILES string of the molecule is CC(C)CC(N)C(O)c1ccccc1C#N. The Labute approximate surface area is 96.5 Å². The molecule has 0 saturated heterocycles. The van der Waals surface area contributed by atoms with Crippen molar-refractivity contribution in [2.24, 2.45) is 11.7 Å². The highest BCUT2D eigenvalue weighted by Gasteiger charge is 2.20. The highest BCUT2D eigenvalue weighted by atomic mass is 16.3. The highest BCUT2D eigenvalue weighted by molar-refractivity contribution is 5.39. The van der Waals surface area contributed by atoms with E-state index < -0.39 is 6.10 Å². The monoisotopic (exact) mass is 218 g/mol. The molecular formula is C13H18N2O. The molecular weight excluding hydrogens is 200 g/mol. The molecule has 0 spiro atoms. The van der Waals surface area contributed by atoms with Gasteiger partial charge in [0.1, 0.15) is 0 Å². The summed E-state index contributed by atoms with van der Waals surface area (Å²) in [5.41, 5.74) is 7.03. The van der Waals surface area contributed by atoms with Crippen molar-refractivity contribution >= 4 is 0 Å². The zero-order chi connectivity index (χ0) is 12.1. The van der Waals surface area contributed by atoms with Gasteiger partial charge in [-0.2, -0.15) is 5.26 Å². The maximum atomic E-state index is 10.1. The molecule has 1 aromatic carbocycles. The third-order valence-electron chi connectivity index (χ3n) is 2.55. The zero-order valence-electron chi connectivity index (χ0n) is 9.72. The van der Waals surface area contributed by atoms with Crippen molar-refractivity contribution in [1.29, 1.82) is 5.26 Å². The van der Waals surface area contributed by atoms with E-state index in [-0.39, 0.29) is 6.04 Å². The molecule has 0 aliphatic heterocycles. The first-order chi connectivity index (χ1) is 7.56. The largest absolute Gasteiger partial charge is 0.387 e. The Hall–Kier alpha value is -1.37. The Morgan fingerprint density at radius 2 is 2.00 bits per heavy atom. The Bertz CT molecular complexity index is 382. The van der Waals surface area contributed by atoms with E-state index in [0.717, 1.165) is 6.42 Å². The van der Waals surface area contributed by atoms with Crippen molar-refractivity contribution < 1.29 is 5.11 Å². The van der Waals surface area contributed by atoms with Gasteiger partial charge in [-0.15, -0.1) is 0 Å². The third-order valence-corrected chi connectivity index (χ3v) is 2.55. The molecule has 0 saturated carbocycles. The molecule has 3 N–H and O–H groups in total. The van der Waals surface area contributed by atoms with Crippen molar-refractivity contribution in [2.75, 3.05) is 0 Å². The molecule has 3 heteroatoms. The Balaban J connectivity index is 2.88. The molecule has 16 heavy (non-hydrogen) atoms. The van der Waals surface area contributed by atoms with Gasteiger partial charge in [0, 0.05) is 6.04 Å². The fourth-order valence-electron chi connectivity index (χ4n) is 1.76. The van der Waals surface area contributed by atoms with Crippen LogP contribution in [0.1, 0.15) is 37.5 Å². The van der Waals surface area contributed by atoms with Gasteiger partial charge in [0.15, 0.2) is 0 Å². The molecule has 1 aromatic rings. The molecule has 0 amide bonds. The molecule has 0 aromatic heterocycles. The van der Waals surface area contributed by atoms with Crippen LogP contribution in [0.3, 0.4) is 0 Å². The normalized spacial score (nSPS) is 14.5. The maximum absolute atomic E-state index is 10.1. The van der Waals surface area contributed by atoms with E-state index in [9.17, 15) is 5.11 Å². The molecule has 0 radical (unpaired) electrons. The molecule has 0 aliphatic carbocycles. The molecule has 0 bridgehead atoms. The van der Waals surface area contributed by atoms with Crippen LogP contribution in [-0.4, -0.2) is 11.1 Å². The van der Waals surface area contributed by atoms with E-state index >= 15 is 0 Å². The number of rotatable bonds is 4. The number of nitriles is 1. The van der Waals surface area contributed by atoms with Gasteiger partial charge in [-0.3, -0.25) is 0 Å². The van der Waals surface area contributed by atoms with Crippen LogP contribution < -0.4 is 5.73 Å². The fraction of sp³-hybridized carbons (Fsp3) is 0.462. The van der Waals surface area contributed by atoms with Crippen molar-refractivity contribution in [3.63, 3.8) is 0 Å². The summed E-state index contributed by atoms with van der Waals surface area (Å²) in [6, 6.07) is 8.78. The minimum atomic E-state index is -0.766. The Morgan fingerprint density at radius 3 is 2.56 bits per heavy atom. The zero-order valence-corrected chi connectivity index (χ0v) is 9.72. The van der Waals surface area contributed by atoms with Crippen molar-refractivity contribution in [3.8, 4) is 6.07 Å². The van der Waals surface area contributed by atoms with Crippen molar-refractivity contribution in [2.45, 2.75) is 32.4 Å². The van der Waals surface area contributed by atoms with Gasteiger partial charge < -0.3 is 10.8 Å². The first-order valence-electron chi connectivity index (χ1n) is 5.49. The standard InChI is InChI=1S/C13H18N2O/c1-9(2)7-12(15)13(16)11-6-4-3-5-10(11)8-14/h3-6,9,12-13,16H,7,15H2,1-2H3. The highest BCUT2D eigenvalue weighted by Crippen LogP contribution is 2.22. The minimum Gasteiger partial charge on any atom is -0.387 e. The lowest BCUT2D eigenvalue weighted by atomic mass is 9.93. The summed E-state index contributed by atoms with van der Waals surface area (Å²) in [4.78, 5) is 0. The van der Waals surface area contributed by atoms with E-state index in [2.05, 4.69) is 19.9 Å². The summed E-state index contributed by atoms with van der Waals surface area (Å²) in [6.07, 6.45) is -0.0285. The molecule has 0 aliphatic rings. The average molecular weight is 218 g/mol. The van der Waals surface area contributed by atoms with Gasteiger partial charge in [-0.05, 0) is 24.0 Å². The van der Waals surface area contributed by atoms with Gasteiger partial charge in [-0.1, -0.05) is 32.0 Å². The van der Waals surface area contributed by atoms with Crippen LogP contribution in [0, 0.1) is 17.2 Å². The Morgan fingerprint density at radius 1 is 1.38 bits per heavy atom. The van der Waals surface area contributed by atoms with Crippen molar-refractivity contribution in [3.05, 3.63) is 35.4 Å². The summed E-state index contributed by atoms with van der Waals surface area (Å²) in [6.45, 7) is 4.12. The lowest BCUT2D eigenvalue weighted by molar-refractivity contribution is 0.135. The predicted molar refractivity (Wildman–Crippen MR) is 63.5 cm³/mol. The van der Waals surface area contributed by atoms with Gasteiger partial charge in [0.25, 0.3) is 0 Å². The number of nitrogens with two attached hydrogens (primary N) is 1. The lowest BCUT2D eigenvalue weighted by Gasteiger charge is -2.21. The van der Waals surface area contributed by atoms with Crippen LogP contribution >= 0.6 is 0 Å². The second-order valence-electron chi connectivity index (χ2n) is 4.44. The number of aliphatic hydroxyl groups excluding tert-OH is 1. The number of hydrogen-bond donors (Lipinski definition) is 2. The smallest absolute Gasteiger partial charge is 0.0995 e. The van der Waals surface area contributed by atoms with Gasteiger partial charge in [-0.25, -0.2) is 0 Å². The average Bonchev–Trinajstić information content (AvgIpc) is 2.27. The summed E-state index contributed by atoms with van der Waals surface area (Å²) in [5, 5.41) is 19.0. The first-order valence-corrected chi connectivity index (χ1v) is 5.49. The third kappa shape index (κ3) is 3.06. The van der Waals surface area contributed by atoms with Crippen LogP contribution in [-0.2, 0) is 0 Å². The Kier molecular flexibility index (Phi) is 4.48. The topological polar surface area (TPSA) is 70.0 Å². The number of benzene rings is 1. The van der Waals surface area contributed by atoms with Crippen LogP contribution in [0.5, 0.6) is 0 Å². The summed E-state index contributed by atoms with van der Waals surface area (Å²) in [7, 11) is 0. The quantitative estimate of drug-likeness (QED) is 0.811. The van der Waals surface area contributed by atoms with E-state index in [0.29, 0.717) is 17.0 Å². The van der Waals surface area contributed by atoms with E-state index in [1.54, 1.807) is 18.2 Å². The molecule has 1 rings (SSSR count). The fourth-order valence-corrected chi connectivity index (χ4v) is 1.76. The summed E-state index contributed by atoms with van der Waals surface area (Å²) >= 11 is 0. The van der Waals surface area contributed by atoms with Gasteiger partial charge >= 0.3 is 0 Å². The second kappa shape index (κ2) is 5.64. The molecule has 2 unspecified atom stereocenters. The summed E-state index contributed by atoms with van der Waals surface area (Å²) < 4.78 is 0. The second-order valence-corrected chi connectivity index (χ2v) is 4.44. The molecule has 3 nitrogen and oxygen atoms in total. The number of aliphatic hydroxyl groups is 1. The van der Waals surface area contributed by atoms with E-state index in [4.69, 9.17) is 11.0 Å². The molecule has 0 fully saturated rings. The maximum Gasteiger partial charge on any atom is 0.0995 e. The van der Waals surface area contributed by atoms with Crippen molar-refractivity contribution in [1.82, 2.24) is 0 Å². The summed E-state index contributed by atoms with van der Waals surface area (Å²) in [5.74, 6) is 0.430. The molecule has 86 valence electrons. The van der Waals surface area contributed by atoms with Gasteiger partial charge in [0.2, 0.25) is 0 Å². The van der Waals surface area contributed by atoms with Crippen LogP contribution in [0.4, 0.5) is 0 Å². The van der Waals surface area contributed by atoms with Crippen LogP contribution in [0.15, 0.2) is 24.3 Å². The van der Waals surface area contributed by atoms with Gasteiger partial charge in [0.05, 0.1) is 17.7 Å². The number of nitrogens with zero attached hydrogens (tertiary/aromatic N) is 1. The minimum absolute atomic E-state index is 0.325. The van der Waals surface area contributed by atoms with E-state index in [1.165, 1.54) is 0 Å².